The molecule has 0 saturated heterocycles. The van der Waals surface area contributed by atoms with Gasteiger partial charge in [0.2, 0.25) is 5.54 Å². The molecular weight excluding hydrogens is 189 g/mol. The summed E-state index contributed by atoms with van der Waals surface area (Å²) in [7, 11) is 0. The predicted molar refractivity (Wildman–Crippen MR) is 58.0 cm³/mol. The van der Waals surface area contributed by atoms with Crippen LogP contribution in [0.1, 0.15) is 30.4 Å². The molecule has 1 fully saturated rings. The van der Waals surface area contributed by atoms with Crippen molar-refractivity contribution in [1.82, 2.24) is 0 Å². The van der Waals surface area contributed by atoms with E-state index in [0.29, 0.717) is 0 Å². The standard InChI is InChI=1S/C13H14FN/c1-10-8-12(14)5-4-11(10)9-13(15-2)6-3-7-13/h4-5,8H,3,6-7,9H2,1H3. The molecule has 1 nitrogen and oxygen atoms in total. The van der Waals surface area contributed by atoms with Gasteiger partial charge in [-0.05, 0) is 36.6 Å². The maximum absolute atomic E-state index is 12.9. The van der Waals surface area contributed by atoms with E-state index in [0.717, 1.165) is 36.8 Å². The number of hydrogen-bond acceptors (Lipinski definition) is 0. The maximum atomic E-state index is 12.9. The fourth-order valence-electron chi connectivity index (χ4n) is 2.13. The smallest absolute Gasteiger partial charge is 0.236 e. The third-order valence-electron chi connectivity index (χ3n) is 3.35. The normalized spacial score (nSPS) is 17.9. The van der Waals surface area contributed by atoms with Crippen LogP contribution in [0.3, 0.4) is 0 Å². The van der Waals surface area contributed by atoms with Crippen molar-refractivity contribution in [1.29, 1.82) is 0 Å². The zero-order valence-corrected chi connectivity index (χ0v) is 8.89. The summed E-state index contributed by atoms with van der Waals surface area (Å²) < 4.78 is 12.9. The van der Waals surface area contributed by atoms with Crippen LogP contribution in [0.5, 0.6) is 0 Å². The first-order valence-corrected chi connectivity index (χ1v) is 5.29. The zero-order chi connectivity index (χ0) is 10.9. The molecule has 1 aliphatic rings. The van der Waals surface area contributed by atoms with Crippen LogP contribution in [-0.4, -0.2) is 5.54 Å². The first-order chi connectivity index (χ1) is 7.15. The zero-order valence-electron chi connectivity index (χ0n) is 8.89. The Hall–Kier alpha value is -1.36. The van der Waals surface area contributed by atoms with Crippen molar-refractivity contribution < 1.29 is 4.39 Å². The highest BCUT2D eigenvalue weighted by Crippen LogP contribution is 2.39. The number of aryl methyl sites for hydroxylation is 1. The van der Waals surface area contributed by atoms with Gasteiger partial charge in [-0.15, -0.1) is 0 Å². The van der Waals surface area contributed by atoms with Crippen LogP contribution in [0.2, 0.25) is 0 Å². The molecule has 0 bridgehead atoms. The average Bonchev–Trinajstić information content (AvgIpc) is 2.14. The molecule has 0 radical (unpaired) electrons. The van der Waals surface area contributed by atoms with E-state index in [1.165, 1.54) is 6.07 Å². The fourth-order valence-corrected chi connectivity index (χ4v) is 2.13. The van der Waals surface area contributed by atoms with Crippen LogP contribution in [0.15, 0.2) is 18.2 Å². The minimum atomic E-state index is -0.193. The van der Waals surface area contributed by atoms with Gasteiger partial charge in [0.15, 0.2) is 0 Å². The summed E-state index contributed by atoms with van der Waals surface area (Å²) in [5.41, 5.74) is 1.90. The van der Waals surface area contributed by atoms with Crippen molar-refractivity contribution >= 4 is 0 Å². The lowest BCUT2D eigenvalue weighted by molar-refractivity contribution is 0.300. The topological polar surface area (TPSA) is 4.36 Å². The van der Waals surface area contributed by atoms with Gasteiger partial charge in [-0.3, -0.25) is 0 Å². The Morgan fingerprint density at radius 3 is 2.67 bits per heavy atom. The third-order valence-corrected chi connectivity index (χ3v) is 3.35. The van der Waals surface area contributed by atoms with Crippen LogP contribution in [0.4, 0.5) is 4.39 Å². The predicted octanol–water partition coefficient (Wildman–Crippen LogP) is 3.52. The Bertz CT molecular complexity index is 413. The quantitative estimate of drug-likeness (QED) is 0.648. The summed E-state index contributed by atoms with van der Waals surface area (Å²) in [5, 5.41) is 0. The monoisotopic (exact) mass is 203 g/mol. The fraction of sp³-hybridized carbons (Fsp3) is 0.462. The van der Waals surface area contributed by atoms with E-state index < -0.39 is 0 Å². The molecule has 1 saturated carbocycles. The van der Waals surface area contributed by atoms with Gasteiger partial charge in [0.25, 0.3) is 0 Å². The van der Waals surface area contributed by atoms with E-state index in [1.807, 2.05) is 13.0 Å². The molecule has 0 atom stereocenters. The number of hydrogen-bond donors (Lipinski definition) is 0. The lowest BCUT2D eigenvalue weighted by Gasteiger charge is -2.30. The van der Waals surface area contributed by atoms with Gasteiger partial charge in [-0.2, -0.15) is 0 Å². The van der Waals surface area contributed by atoms with E-state index >= 15 is 0 Å². The van der Waals surface area contributed by atoms with Gasteiger partial charge in [0.05, 0.1) is 6.42 Å². The second-order valence-corrected chi connectivity index (χ2v) is 4.44. The molecule has 0 aromatic heterocycles. The van der Waals surface area contributed by atoms with Crippen molar-refractivity contribution in [2.75, 3.05) is 0 Å². The molecule has 0 heterocycles. The van der Waals surface area contributed by atoms with Crippen LogP contribution < -0.4 is 0 Å². The highest BCUT2D eigenvalue weighted by atomic mass is 19.1. The second kappa shape index (κ2) is 3.66. The SMILES string of the molecule is [C-]#[N+]C1(Cc2ccc(F)cc2C)CCC1. The van der Waals surface area contributed by atoms with E-state index in [9.17, 15) is 4.39 Å². The van der Waals surface area contributed by atoms with E-state index in [4.69, 9.17) is 6.57 Å². The average molecular weight is 203 g/mol. The molecule has 0 N–H and O–H groups in total. The number of rotatable bonds is 2. The van der Waals surface area contributed by atoms with Gasteiger partial charge in [0.1, 0.15) is 5.82 Å². The first kappa shape index (κ1) is 10.2. The molecular formula is C13H14FN. The highest BCUT2D eigenvalue weighted by Gasteiger charge is 2.43. The molecule has 2 rings (SSSR count). The Morgan fingerprint density at radius 2 is 2.20 bits per heavy atom. The van der Waals surface area contributed by atoms with Crippen LogP contribution in [0, 0.1) is 19.3 Å². The summed E-state index contributed by atoms with van der Waals surface area (Å²) in [4.78, 5) is 3.74. The number of nitrogens with zero attached hydrogens (tertiary/aromatic N) is 1. The number of halogens is 1. The van der Waals surface area contributed by atoms with E-state index in [1.54, 1.807) is 6.07 Å². The third kappa shape index (κ3) is 1.87. The van der Waals surface area contributed by atoms with Crippen molar-refractivity contribution in [3.8, 4) is 0 Å². The van der Waals surface area contributed by atoms with Gasteiger partial charge in [-0.25, -0.2) is 11.0 Å². The minimum absolute atomic E-state index is 0.178. The molecule has 1 aromatic carbocycles. The molecule has 15 heavy (non-hydrogen) atoms. The Balaban J connectivity index is 2.21. The van der Waals surface area contributed by atoms with Crippen LogP contribution >= 0.6 is 0 Å². The number of benzene rings is 1. The summed E-state index contributed by atoms with van der Waals surface area (Å²) in [6.07, 6.45) is 3.92. The van der Waals surface area contributed by atoms with Crippen molar-refractivity contribution in [2.45, 2.75) is 38.1 Å². The largest absolute Gasteiger partial charge is 0.310 e. The van der Waals surface area contributed by atoms with Crippen LogP contribution in [0.25, 0.3) is 4.85 Å². The molecule has 0 spiro atoms. The minimum Gasteiger partial charge on any atom is -0.310 e. The lowest BCUT2D eigenvalue weighted by Crippen LogP contribution is -2.35. The van der Waals surface area contributed by atoms with Gasteiger partial charge >= 0.3 is 0 Å². The van der Waals surface area contributed by atoms with E-state index in [2.05, 4.69) is 4.85 Å². The molecule has 1 aliphatic carbocycles. The summed E-state index contributed by atoms with van der Waals surface area (Å²) >= 11 is 0. The van der Waals surface area contributed by atoms with Crippen molar-refractivity contribution in [2.24, 2.45) is 0 Å². The van der Waals surface area contributed by atoms with Crippen molar-refractivity contribution in [3.63, 3.8) is 0 Å². The van der Waals surface area contributed by atoms with Gasteiger partial charge in [-0.1, -0.05) is 6.07 Å². The van der Waals surface area contributed by atoms with Crippen LogP contribution in [-0.2, 0) is 6.42 Å². The molecule has 2 heteroatoms. The van der Waals surface area contributed by atoms with E-state index in [-0.39, 0.29) is 11.4 Å². The second-order valence-electron chi connectivity index (χ2n) is 4.44. The molecule has 78 valence electrons. The molecule has 0 aliphatic heterocycles. The molecule has 1 aromatic rings. The summed E-state index contributed by atoms with van der Waals surface area (Å²) in [5.74, 6) is -0.193. The first-order valence-electron chi connectivity index (χ1n) is 5.29. The highest BCUT2D eigenvalue weighted by molar-refractivity contribution is 5.30. The summed E-state index contributed by atoms with van der Waals surface area (Å²) in [6.45, 7) is 9.13. The van der Waals surface area contributed by atoms with Gasteiger partial charge < -0.3 is 4.85 Å². The Morgan fingerprint density at radius 1 is 1.47 bits per heavy atom. The summed E-state index contributed by atoms with van der Waals surface area (Å²) in [6, 6.07) is 4.85. The van der Waals surface area contributed by atoms with Gasteiger partial charge in [0, 0.05) is 12.8 Å². The van der Waals surface area contributed by atoms with Crippen molar-refractivity contribution in [3.05, 3.63) is 46.6 Å². The Labute approximate surface area is 89.7 Å². The maximum Gasteiger partial charge on any atom is 0.236 e. The lowest BCUT2D eigenvalue weighted by atomic mass is 9.73. The molecule has 0 amide bonds. The Kier molecular flexibility index (Phi) is 2.48. The molecule has 0 unspecified atom stereocenters.